The third-order valence-electron chi connectivity index (χ3n) is 2.82. The van der Waals surface area contributed by atoms with Crippen LogP contribution in [0, 0.1) is 5.92 Å². The Bertz CT molecular complexity index is 250. The second-order valence-electron chi connectivity index (χ2n) is 3.45. The molecule has 0 bridgehead atoms. The van der Waals surface area contributed by atoms with Crippen LogP contribution in [0.25, 0.3) is 0 Å². The van der Waals surface area contributed by atoms with Crippen molar-refractivity contribution in [2.75, 3.05) is 7.05 Å². The van der Waals surface area contributed by atoms with Gasteiger partial charge in [0.25, 0.3) is 0 Å². The predicted octanol–water partition coefficient (Wildman–Crippen LogP) is 1.95. The summed E-state index contributed by atoms with van der Waals surface area (Å²) in [6, 6.07) is 0. The van der Waals surface area contributed by atoms with Crippen LogP contribution in [0.4, 0.5) is 0 Å². The summed E-state index contributed by atoms with van der Waals surface area (Å²) >= 11 is 0. The molecular formula is C10H13N. The quantitative estimate of drug-likeness (QED) is 0.506. The highest BCUT2D eigenvalue weighted by Gasteiger charge is 2.36. The number of hydrogen-bond donors (Lipinski definition) is 0. The van der Waals surface area contributed by atoms with Crippen LogP contribution >= 0.6 is 0 Å². The number of allylic oxidation sites excluding steroid dienone is 2. The highest BCUT2D eigenvalue weighted by Crippen LogP contribution is 2.35. The molecule has 2 unspecified atom stereocenters. The van der Waals surface area contributed by atoms with E-state index in [1.807, 2.05) is 0 Å². The summed E-state index contributed by atoms with van der Waals surface area (Å²) in [4.78, 5) is 2.26. The van der Waals surface area contributed by atoms with E-state index in [0.717, 1.165) is 0 Å². The van der Waals surface area contributed by atoms with E-state index in [4.69, 9.17) is 0 Å². The topological polar surface area (TPSA) is 3.24 Å². The van der Waals surface area contributed by atoms with Gasteiger partial charge in [-0.3, -0.25) is 0 Å². The van der Waals surface area contributed by atoms with E-state index in [0.29, 0.717) is 5.92 Å². The number of hydrogen-bond acceptors (Lipinski definition) is 1. The number of rotatable bonds is 0. The van der Waals surface area contributed by atoms with Gasteiger partial charge in [-0.15, -0.1) is 0 Å². The Morgan fingerprint density at radius 1 is 1.27 bits per heavy atom. The monoisotopic (exact) mass is 147 g/mol. The molecule has 2 aliphatic rings. The zero-order valence-electron chi connectivity index (χ0n) is 6.99. The first-order chi connectivity index (χ1) is 5.23. The van der Waals surface area contributed by atoms with Crippen molar-refractivity contribution in [2.45, 2.75) is 12.5 Å². The van der Waals surface area contributed by atoms with Crippen LogP contribution in [0.5, 0.6) is 0 Å². The van der Waals surface area contributed by atoms with Gasteiger partial charge in [-0.1, -0.05) is 30.4 Å². The molecule has 1 heterocycles. The normalized spacial score (nSPS) is 39.8. The van der Waals surface area contributed by atoms with Crippen molar-refractivity contribution in [3.8, 4) is 0 Å². The maximum atomic E-state index is 2.26. The summed E-state index contributed by atoms with van der Waals surface area (Å²) in [7, 11) is 2.12. The largest absolute Gasteiger partial charge is 0.371 e. The minimum absolute atomic E-state index is 0.203. The Balaban J connectivity index is 2.39. The molecule has 0 N–H and O–H groups in total. The van der Waals surface area contributed by atoms with Crippen LogP contribution in [-0.2, 0) is 0 Å². The molecule has 0 saturated heterocycles. The van der Waals surface area contributed by atoms with Gasteiger partial charge >= 0.3 is 0 Å². The Morgan fingerprint density at radius 2 is 2.09 bits per heavy atom. The lowest BCUT2D eigenvalue weighted by atomic mass is 9.84. The Labute approximate surface area is 67.7 Å². The maximum Gasteiger partial charge on any atom is 0.0648 e. The standard InChI is InChI=1S/C10H13N/c1-10-7-4-3-5-9(10)6-8-11(10)2/h3-9H,1-2H3. The van der Waals surface area contributed by atoms with Gasteiger partial charge in [0.2, 0.25) is 0 Å². The Kier molecular flexibility index (Phi) is 1.22. The van der Waals surface area contributed by atoms with Crippen molar-refractivity contribution >= 4 is 0 Å². The first kappa shape index (κ1) is 6.71. The summed E-state index contributed by atoms with van der Waals surface area (Å²) in [6.07, 6.45) is 13.2. The number of nitrogens with zero attached hydrogens (tertiary/aromatic N) is 1. The molecule has 0 aromatic rings. The number of fused-ring (bicyclic) bond motifs is 1. The molecule has 0 saturated carbocycles. The average molecular weight is 147 g/mol. The van der Waals surface area contributed by atoms with Crippen molar-refractivity contribution in [1.82, 2.24) is 4.90 Å². The van der Waals surface area contributed by atoms with Gasteiger partial charge in [-0.25, -0.2) is 0 Å². The summed E-state index contributed by atoms with van der Waals surface area (Å²) < 4.78 is 0. The molecule has 0 amide bonds. The highest BCUT2D eigenvalue weighted by atomic mass is 15.2. The SMILES string of the molecule is CN1C=CC2C=CC=CC21C. The maximum absolute atomic E-state index is 2.26. The molecule has 58 valence electrons. The first-order valence-electron chi connectivity index (χ1n) is 4.01. The van der Waals surface area contributed by atoms with E-state index in [2.05, 4.69) is 55.5 Å². The Hall–Kier alpha value is -0.980. The van der Waals surface area contributed by atoms with Gasteiger partial charge in [-0.05, 0) is 13.1 Å². The minimum Gasteiger partial charge on any atom is -0.371 e. The summed E-state index contributed by atoms with van der Waals surface area (Å²) in [5, 5.41) is 0. The molecular weight excluding hydrogens is 134 g/mol. The molecule has 0 aromatic carbocycles. The lowest BCUT2D eigenvalue weighted by Crippen LogP contribution is -2.40. The van der Waals surface area contributed by atoms with Crippen molar-refractivity contribution in [3.05, 3.63) is 36.6 Å². The molecule has 1 aliphatic carbocycles. The molecule has 1 nitrogen and oxygen atoms in total. The van der Waals surface area contributed by atoms with Crippen LogP contribution < -0.4 is 0 Å². The fraction of sp³-hybridized carbons (Fsp3) is 0.400. The first-order valence-corrected chi connectivity index (χ1v) is 4.01. The average Bonchev–Trinajstić information content (AvgIpc) is 2.29. The second-order valence-corrected chi connectivity index (χ2v) is 3.45. The van der Waals surface area contributed by atoms with Crippen LogP contribution in [0.3, 0.4) is 0 Å². The van der Waals surface area contributed by atoms with Gasteiger partial charge < -0.3 is 4.90 Å². The third-order valence-corrected chi connectivity index (χ3v) is 2.82. The summed E-state index contributed by atoms with van der Waals surface area (Å²) in [5.74, 6) is 0.567. The minimum atomic E-state index is 0.203. The molecule has 11 heavy (non-hydrogen) atoms. The molecule has 2 rings (SSSR count). The van der Waals surface area contributed by atoms with Crippen molar-refractivity contribution in [2.24, 2.45) is 5.92 Å². The number of likely N-dealkylation sites (N-methyl/N-ethyl adjacent to an activating group) is 1. The van der Waals surface area contributed by atoms with E-state index < -0.39 is 0 Å². The highest BCUT2D eigenvalue weighted by molar-refractivity contribution is 5.31. The van der Waals surface area contributed by atoms with E-state index in [9.17, 15) is 0 Å². The smallest absolute Gasteiger partial charge is 0.0648 e. The molecule has 0 fully saturated rings. The van der Waals surface area contributed by atoms with Gasteiger partial charge in [0.05, 0.1) is 5.54 Å². The van der Waals surface area contributed by atoms with Gasteiger partial charge in [0, 0.05) is 13.0 Å². The van der Waals surface area contributed by atoms with E-state index in [1.165, 1.54) is 0 Å². The zero-order chi connectivity index (χ0) is 7.90. The molecule has 0 spiro atoms. The molecule has 0 radical (unpaired) electrons. The van der Waals surface area contributed by atoms with E-state index >= 15 is 0 Å². The van der Waals surface area contributed by atoms with Crippen LogP contribution in [-0.4, -0.2) is 17.5 Å². The molecule has 1 heteroatoms. The molecule has 1 aliphatic heterocycles. The van der Waals surface area contributed by atoms with Crippen LogP contribution in [0.15, 0.2) is 36.6 Å². The van der Waals surface area contributed by atoms with Gasteiger partial charge in [0.1, 0.15) is 0 Å². The second kappa shape index (κ2) is 2.00. The van der Waals surface area contributed by atoms with Crippen molar-refractivity contribution < 1.29 is 0 Å². The molecule has 2 atom stereocenters. The summed E-state index contributed by atoms with van der Waals surface area (Å²) in [6.45, 7) is 2.26. The van der Waals surface area contributed by atoms with Gasteiger partial charge in [-0.2, -0.15) is 0 Å². The fourth-order valence-corrected chi connectivity index (χ4v) is 1.73. The van der Waals surface area contributed by atoms with Crippen molar-refractivity contribution in [3.63, 3.8) is 0 Å². The van der Waals surface area contributed by atoms with Crippen LogP contribution in [0.2, 0.25) is 0 Å². The lowest BCUT2D eigenvalue weighted by molar-refractivity contribution is 0.252. The van der Waals surface area contributed by atoms with Crippen LogP contribution in [0.1, 0.15) is 6.92 Å². The van der Waals surface area contributed by atoms with E-state index in [-0.39, 0.29) is 5.54 Å². The third kappa shape index (κ3) is 0.770. The Morgan fingerprint density at radius 3 is 2.82 bits per heavy atom. The summed E-state index contributed by atoms with van der Waals surface area (Å²) in [5.41, 5.74) is 0.203. The molecule has 0 aromatic heterocycles. The lowest BCUT2D eigenvalue weighted by Gasteiger charge is -2.36. The predicted molar refractivity (Wildman–Crippen MR) is 47.1 cm³/mol. The fourth-order valence-electron chi connectivity index (χ4n) is 1.73. The van der Waals surface area contributed by atoms with Gasteiger partial charge in [0.15, 0.2) is 0 Å². The zero-order valence-corrected chi connectivity index (χ0v) is 6.99. The van der Waals surface area contributed by atoms with Crippen molar-refractivity contribution in [1.29, 1.82) is 0 Å². The van der Waals surface area contributed by atoms with E-state index in [1.54, 1.807) is 0 Å².